The molecule has 13 heteroatoms. The molecule has 46 heavy (non-hydrogen) atoms. The molecule has 0 unspecified atom stereocenters. The fourth-order valence-electron chi connectivity index (χ4n) is 5.37. The van der Waals surface area contributed by atoms with Gasteiger partial charge in [0.25, 0.3) is 5.91 Å². The van der Waals surface area contributed by atoms with E-state index in [1.165, 1.54) is 11.9 Å². The number of hydrogen-bond donors (Lipinski definition) is 3. The number of carbonyl (C=O) groups is 5. The third-order valence-corrected chi connectivity index (χ3v) is 8.15. The van der Waals surface area contributed by atoms with Crippen LogP contribution in [0.1, 0.15) is 73.8 Å². The van der Waals surface area contributed by atoms with Crippen molar-refractivity contribution in [3.63, 3.8) is 0 Å². The number of likely N-dealkylation sites (N-methyl/N-ethyl adjacent to an activating group) is 1. The van der Waals surface area contributed by atoms with Gasteiger partial charge in [-0.3, -0.25) is 24.0 Å². The van der Waals surface area contributed by atoms with Gasteiger partial charge >= 0.3 is 0 Å². The number of aryl methyl sites for hydroxylation is 2. The Morgan fingerprint density at radius 1 is 1.02 bits per heavy atom. The summed E-state index contributed by atoms with van der Waals surface area (Å²) in [4.78, 5) is 70.1. The predicted molar refractivity (Wildman–Crippen MR) is 171 cm³/mol. The molecule has 2 heterocycles. The van der Waals surface area contributed by atoms with Crippen molar-refractivity contribution in [1.29, 1.82) is 0 Å². The third-order valence-electron chi connectivity index (χ3n) is 8.15. The second kappa shape index (κ2) is 16.8. The summed E-state index contributed by atoms with van der Waals surface area (Å²) in [5, 5.41) is 12.5. The van der Waals surface area contributed by atoms with E-state index in [1.54, 1.807) is 44.9 Å². The van der Waals surface area contributed by atoms with Crippen LogP contribution in [-0.4, -0.2) is 96.4 Å². The summed E-state index contributed by atoms with van der Waals surface area (Å²) in [5.74, 6) is -0.767. The molecule has 0 bridgehead atoms. The molecule has 1 aromatic carbocycles. The average Bonchev–Trinajstić information content (AvgIpc) is 3.36. The van der Waals surface area contributed by atoms with Gasteiger partial charge in [0.1, 0.15) is 35.2 Å². The molecule has 0 saturated carbocycles. The van der Waals surface area contributed by atoms with E-state index in [0.29, 0.717) is 48.6 Å². The number of benzene rings is 1. The fraction of sp³-hybridized carbons (Fsp3) is 0.576. The van der Waals surface area contributed by atoms with E-state index in [0.717, 1.165) is 5.56 Å². The summed E-state index contributed by atoms with van der Waals surface area (Å²) in [6, 6.07) is 4.45. The van der Waals surface area contributed by atoms with Crippen molar-refractivity contribution in [2.45, 2.75) is 84.8 Å². The predicted octanol–water partition coefficient (Wildman–Crippen LogP) is 2.15. The van der Waals surface area contributed by atoms with Gasteiger partial charge in [0.05, 0.1) is 12.8 Å². The van der Waals surface area contributed by atoms with Crippen LogP contribution in [0.2, 0.25) is 0 Å². The zero-order valence-corrected chi connectivity index (χ0v) is 28.0. The standard InChI is InChI=1S/C33H48N6O7/c1-20(2)18-26-31(42)36-27(19-24-11-13-25(45-7)14-12-24)32(43)38(6)22(4)30(41)34-15-9-17-39(16-8-10-28(40)35-26)33(44)29-21(3)37-46-23(29)5/h11-14,20,22,26-27H,8-10,15-19H2,1-7H3,(H,34,41)(H,35,40)(H,36,42)/t22-,26+,27-/m0/s1. The SMILES string of the molecule is COc1ccc(C[C@@H]2NC(=O)[C@@H](CC(C)C)NC(=O)CCCN(C(=O)c3c(C)noc3C)CCCNC(=O)[C@H](C)N(C)C2=O)cc1. The zero-order chi connectivity index (χ0) is 34.0. The van der Waals surface area contributed by atoms with Crippen molar-refractivity contribution in [3.05, 3.63) is 46.8 Å². The largest absolute Gasteiger partial charge is 0.497 e. The van der Waals surface area contributed by atoms with E-state index < -0.39 is 29.9 Å². The quantitative estimate of drug-likeness (QED) is 0.433. The summed E-state index contributed by atoms with van der Waals surface area (Å²) >= 11 is 0. The highest BCUT2D eigenvalue weighted by molar-refractivity contribution is 5.96. The highest BCUT2D eigenvalue weighted by atomic mass is 16.5. The van der Waals surface area contributed by atoms with Crippen LogP contribution in [0.3, 0.4) is 0 Å². The molecular weight excluding hydrogens is 592 g/mol. The maximum atomic E-state index is 13.8. The molecule has 1 saturated heterocycles. The van der Waals surface area contributed by atoms with Crippen LogP contribution in [0.4, 0.5) is 0 Å². The summed E-state index contributed by atoms with van der Waals surface area (Å²) in [6.07, 6.45) is 1.41. The summed E-state index contributed by atoms with van der Waals surface area (Å²) < 4.78 is 10.4. The maximum absolute atomic E-state index is 13.8. The van der Waals surface area contributed by atoms with Crippen LogP contribution < -0.4 is 20.7 Å². The van der Waals surface area contributed by atoms with Gasteiger partial charge in [-0.1, -0.05) is 31.1 Å². The number of ether oxygens (including phenoxy) is 1. The number of hydrogen-bond acceptors (Lipinski definition) is 8. The lowest BCUT2D eigenvalue weighted by atomic mass is 10.00. The lowest BCUT2D eigenvalue weighted by Crippen LogP contribution is -2.57. The van der Waals surface area contributed by atoms with Gasteiger partial charge in [0.2, 0.25) is 23.6 Å². The molecule has 13 nitrogen and oxygen atoms in total. The van der Waals surface area contributed by atoms with Crippen molar-refractivity contribution < 1.29 is 33.2 Å². The minimum Gasteiger partial charge on any atom is -0.497 e. The smallest absolute Gasteiger partial charge is 0.259 e. The second-order valence-corrected chi connectivity index (χ2v) is 12.2. The van der Waals surface area contributed by atoms with Crippen molar-refractivity contribution >= 4 is 29.5 Å². The van der Waals surface area contributed by atoms with Crippen LogP contribution in [0.15, 0.2) is 28.8 Å². The monoisotopic (exact) mass is 640 g/mol. The molecule has 5 amide bonds. The first-order chi connectivity index (χ1) is 21.8. The molecular formula is C33H48N6O7. The van der Waals surface area contributed by atoms with Crippen LogP contribution in [0, 0.1) is 19.8 Å². The topological polar surface area (TPSA) is 163 Å². The van der Waals surface area contributed by atoms with Crippen LogP contribution in [0.5, 0.6) is 5.75 Å². The molecule has 0 radical (unpaired) electrons. The summed E-state index contributed by atoms with van der Waals surface area (Å²) in [7, 11) is 3.08. The van der Waals surface area contributed by atoms with Gasteiger partial charge in [0, 0.05) is 39.5 Å². The lowest BCUT2D eigenvalue weighted by Gasteiger charge is -2.30. The van der Waals surface area contributed by atoms with Crippen molar-refractivity contribution in [2.75, 3.05) is 33.8 Å². The van der Waals surface area contributed by atoms with Gasteiger partial charge in [-0.05, 0) is 63.6 Å². The van der Waals surface area contributed by atoms with Gasteiger partial charge < -0.3 is 35.0 Å². The molecule has 2 aromatic rings. The minimum atomic E-state index is -0.990. The van der Waals surface area contributed by atoms with Gasteiger partial charge in [-0.15, -0.1) is 0 Å². The molecule has 3 atom stereocenters. The molecule has 1 aliphatic rings. The van der Waals surface area contributed by atoms with Gasteiger partial charge in [-0.25, -0.2) is 0 Å². The Kier molecular flexibility index (Phi) is 13.1. The zero-order valence-electron chi connectivity index (χ0n) is 28.0. The number of amides is 5. The Labute approximate surface area is 270 Å². The number of methoxy groups -OCH3 is 1. The van der Waals surface area contributed by atoms with E-state index >= 15 is 0 Å². The van der Waals surface area contributed by atoms with Crippen molar-refractivity contribution in [2.24, 2.45) is 5.92 Å². The van der Waals surface area contributed by atoms with Crippen molar-refractivity contribution in [3.8, 4) is 5.75 Å². The molecule has 1 aromatic heterocycles. The Hall–Kier alpha value is -4.42. The van der Waals surface area contributed by atoms with Gasteiger partial charge in [0.15, 0.2) is 0 Å². The minimum absolute atomic E-state index is 0.0687. The first-order valence-electron chi connectivity index (χ1n) is 15.8. The highest BCUT2D eigenvalue weighted by Gasteiger charge is 2.32. The Balaban J connectivity index is 1.87. The Bertz CT molecular complexity index is 1350. The molecule has 3 rings (SSSR count). The second-order valence-electron chi connectivity index (χ2n) is 12.2. The lowest BCUT2D eigenvalue weighted by molar-refractivity contribution is -0.141. The van der Waals surface area contributed by atoms with E-state index in [1.807, 2.05) is 26.0 Å². The van der Waals surface area contributed by atoms with Crippen LogP contribution in [0.25, 0.3) is 0 Å². The Morgan fingerprint density at radius 3 is 2.30 bits per heavy atom. The first kappa shape index (κ1) is 36.1. The van der Waals surface area contributed by atoms with E-state index in [4.69, 9.17) is 9.26 Å². The molecule has 0 aliphatic carbocycles. The number of rotatable bonds is 6. The molecule has 3 N–H and O–H groups in total. The molecule has 1 fully saturated rings. The number of nitrogens with zero attached hydrogens (tertiary/aromatic N) is 3. The summed E-state index contributed by atoms with van der Waals surface area (Å²) in [6.45, 7) is 9.73. The van der Waals surface area contributed by atoms with E-state index in [2.05, 4.69) is 21.1 Å². The summed E-state index contributed by atoms with van der Waals surface area (Å²) in [5.41, 5.74) is 1.64. The van der Waals surface area contributed by atoms with Crippen molar-refractivity contribution in [1.82, 2.24) is 30.9 Å². The first-order valence-corrected chi connectivity index (χ1v) is 15.8. The van der Waals surface area contributed by atoms with Gasteiger partial charge in [-0.2, -0.15) is 0 Å². The number of nitrogens with one attached hydrogen (secondary N) is 3. The molecule has 252 valence electrons. The van der Waals surface area contributed by atoms with E-state index in [-0.39, 0.29) is 49.6 Å². The van der Waals surface area contributed by atoms with Crippen LogP contribution >= 0.6 is 0 Å². The number of aromatic nitrogens is 1. The highest BCUT2D eigenvalue weighted by Crippen LogP contribution is 2.17. The average molecular weight is 641 g/mol. The molecule has 1 aliphatic heterocycles. The molecule has 0 spiro atoms. The fourth-order valence-corrected chi connectivity index (χ4v) is 5.37. The van der Waals surface area contributed by atoms with Crippen LogP contribution in [-0.2, 0) is 25.6 Å². The maximum Gasteiger partial charge on any atom is 0.259 e. The third kappa shape index (κ3) is 9.79. The Morgan fingerprint density at radius 2 is 1.70 bits per heavy atom. The van der Waals surface area contributed by atoms with E-state index in [9.17, 15) is 24.0 Å². The normalized spacial score (nSPS) is 21.3. The number of carbonyl (C=O) groups excluding carboxylic acids is 5.